The normalized spacial score (nSPS) is 12.2. The molecule has 100 valence electrons. The maximum Gasteiger partial charge on any atom is 0.122 e. The van der Waals surface area contributed by atoms with Crippen molar-refractivity contribution in [3.63, 3.8) is 0 Å². The van der Waals surface area contributed by atoms with Crippen molar-refractivity contribution >= 4 is 11.8 Å². The summed E-state index contributed by atoms with van der Waals surface area (Å²) in [5, 5.41) is 0. The Hall–Kier alpha value is -1.45. The summed E-state index contributed by atoms with van der Waals surface area (Å²) in [5.41, 5.74) is 8.26. The van der Waals surface area contributed by atoms with E-state index in [2.05, 4.69) is 30.3 Å². The molecule has 0 saturated heterocycles. The van der Waals surface area contributed by atoms with E-state index < -0.39 is 0 Å². The molecule has 0 heterocycles. The highest BCUT2D eigenvalue weighted by Crippen LogP contribution is 2.29. The van der Waals surface area contributed by atoms with Crippen LogP contribution in [0.5, 0.6) is 5.75 Å². The van der Waals surface area contributed by atoms with Crippen molar-refractivity contribution in [3.05, 3.63) is 59.7 Å². The molecule has 19 heavy (non-hydrogen) atoms. The molecule has 0 bridgehead atoms. The molecule has 0 aliphatic carbocycles. The SMILES string of the molecule is COc1ccc(C(C)N)cc1CSc1ccccc1. The Balaban J connectivity index is 2.16. The summed E-state index contributed by atoms with van der Waals surface area (Å²) in [5.74, 6) is 1.81. The zero-order valence-electron chi connectivity index (χ0n) is 11.3. The van der Waals surface area contributed by atoms with Gasteiger partial charge in [-0.25, -0.2) is 0 Å². The average molecular weight is 273 g/mol. The van der Waals surface area contributed by atoms with Crippen LogP contribution in [-0.2, 0) is 5.75 Å². The molecule has 2 rings (SSSR count). The van der Waals surface area contributed by atoms with Gasteiger partial charge in [-0.15, -0.1) is 11.8 Å². The minimum Gasteiger partial charge on any atom is -0.496 e. The van der Waals surface area contributed by atoms with Gasteiger partial charge in [-0.1, -0.05) is 24.3 Å². The van der Waals surface area contributed by atoms with E-state index in [-0.39, 0.29) is 6.04 Å². The maximum atomic E-state index is 5.93. The molecule has 1 unspecified atom stereocenters. The zero-order chi connectivity index (χ0) is 13.7. The van der Waals surface area contributed by atoms with Gasteiger partial charge >= 0.3 is 0 Å². The minimum atomic E-state index is 0.0476. The van der Waals surface area contributed by atoms with E-state index in [1.165, 1.54) is 10.5 Å². The van der Waals surface area contributed by atoms with Crippen LogP contribution >= 0.6 is 11.8 Å². The number of nitrogens with two attached hydrogens (primary N) is 1. The molecule has 0 aromatic heterocycles. The van der Waals surface area contributed by atoms with Crippen molar-refractivity contribution in [2.24, 2.45) is 5.73 Å². The van der Waals surface area contributed by atoms with Gasteiger partial charge < -0.3 is 10.5 Å². The first kappa shape index (κ1) is 14.0. The largest absolute Gasteiger partial charge is 0.496 e. The molecule has 0 amide bonds. The van der Waals surface area contributed by atoms with Crippen LogP contribution in [0.25, 0.3) is 0 Å². The van der Waals surface area contributed by atoms with Crippen LogP contribution < -0.4 is 10.5 Å². The van der Waals surface area contributed by atoms with Crippen LogP contribution in [0.1, 0.15) is 24.1 Å². The Morgan fingerprint density at radius 1 is 1.16 bits per heavy atom. The number of hydrogen-bond donors (Lipinski definition) is 1. The molecule has 2 aromatic carbocycles. The standard InChI is InChI=1S/C16H19NOS/c1-12(17)13-8-9-16(18-2)14(10-13)11-19-15-6-4-3-5-7-15/h3-10,12H,11,17H2,1-2H3. The van der Waals surface area contributed by atoms with Crippen LogP contribution in [-0.4, -0.2) is 7.11 Å². The van der Waals surface area contributed by atoms with Crippen molar-refractivity contribution in [3.8, 4) is 5.75 Å². The van der Waals surface area contributed by atoms with Crippen LogP contribution in [0.15, 0.2) is 53.4 Å². The van der Waals surface area contributed by atoms with E-state index in [1.54, 1.807) is 18.9 Å². The lowest BCUT2D eigenvalue weighted by Crippen LogP contribution is -2.05. The minimum absolute atomic E-state index is 0.0476. The Morgan fingerprint density at radius 3 is 2.53 bits per heavy atom. The summed E-state index contributed by atoms with van der Waals surface area (Å²) >= 11 is 1.80. The van der Waals surface area contributed by atoms with Gasteiger partial charge in [0.15, 0.2) is 0 Å². The summed E-state index contributed by atoms with van der Waals surface area (Å²) in [7, 11) is 1.71. The number of ether oxygens (including phenoxy) is 1. The number of thioether (sulfide) groups is 1. The molecular weight excluding hydrogens is 254 g/mol. The summed E-state index contributed by atoms with van der Waals surface area (Å²) in [6, 6.07) is 16.6. The number of rotatable bonds is 5. The molecule has 0 saturated carbocycles. The molecule has 0 aliphatic rings. The fraction of sp³-hybridized carbons (Fsp3) is 0.250. The highest BCUT2D eigenvalue weighted by molar-refractivity contribution is 7.98. The van der Waals surface area contributed by atoms with Crippen molar-refractivity contribution in [1.29, 1.82) is 0 Å². The van der Waals surface area contributed by atoms with Crippen molar-refractivity contribution in [2.45, 2.75) is 23.6 Å². The molecular formula is C16H19NOS. The Labute approximate surface area is 119 Å². The molecule has 0 radical (unpaired) electrons. The number of benzene rings is 2. The van der Waals surface area contributed by atoms with E-state index in [4.69, 9.17) is 10.5 Å². The third-order valence-electron chi connectivity index (χ3n) is 2.97. The van der Waals surface area contributed by atoms with Gasteiger partial charge in [0.25, 0.3) is 0 Å². The Kier molecular flexibility index (Phi) is 4.88. The van der Waals surface area contributed by atoms with Crippen LogP contribution in [0.2, 0.25) is 0 Å². The van der Waals surface area contributed by atoms with Crippen molar-refractivity contribution < 1.29 is 4.74 Å². The first-order valence-electron chi connectivity index (χ1n) is 6.31. The highest BCUT2D eigenvalue weighted by Gasteiger charge is 2.07. The second-order valence-electron chi connectivity index (χ2n) is 4.46. The third kappa shape index (κ3) is 3.75. The summed E-state index contributed by atoms with van der Waals surface area (Å²) in [6.07, 6.45) is 0. The second-order valence-corrected chi connectivity index (χ2v) is 5.51. The molecule has 2 nitrogen and oxygen atoms in total. The van der Waals surface area contributed by atoms with Gasteiger partial charge in [0.05, 0.1) is 7.11 Å². The fourth-order valence-corrected chi connectivity index (χ4v) is 2.77. The van der Waals surface area contributed by atoms with Crippen molar-refractivity contribution in [2.75, 3.05) is 7.11 Å². The monoisotopic (exact) mass is 273 g/mol. The van der Waals surface area contributed by atoms with Crippen molar-refractivity contribution in [1.82, 2.24) is 0 Å². The lowest BCUT2D eigenvalue weighted by atomic mass is 10.1. The maximum absolute atomic E-state index is 5.93. The lowest BCUT2D eigenvalue weighted by molar-refractivity contribution is 0.411. The first-order valence-corrected chi connectivity index (χ1v) is 7.29. The summed E-state index contributed by atoms with van der Waals surface area (Å²) < 4.78 is 5.41. The van der Waals surface area contributed by atoms with Gasteiger partial charge in [0, 0.05) is 22.3 Å². The van der Waals surface area contributed by atoms with E-state index >= 15 is 0 Å². The summed E-state index contributed by atoms with van der Waals surface area (Å²) in [6.45, 7) is 2.00. The molecule has 1 atom stereocenters. The molecule has 2 N–H and O–H groups in total. The quantitative estimate of drug-likeness (QED) is 0.836. The van der Waals surface area contributed by atoms with Crippen LogP contribution in [0.3, 0.4) is 0 Å². The lowest BCUT2D eigenvalue weighted by Gasteiger charge is -2.12. The van der Waals surface area contributed by atoms with Gasteiger partial charge in [-0.2, -0.15) is 0 Å². The third-order valence-corrected chi connectivity index (χ3v) is 4.03. The van der Waals surface area contributed by atoms with Gasteiger partial charge in [-0.05, 0) is 36.8 Å². The Morgan fingerprint density at radius 2 is 1.89 bits per heavy atom. The molecule has 0 fully saturated rings. The highest BCUT2D eigenvalue weighted by atomic mass is 32.2. The van der Waals surface area contributed by atoms with E-state index in [0.717, 1.165) is 17.1 Å². The van der Waals surface area contributed by atoms with Crippen LogP contribution in [0.4, 0.5) is 0 Å². The van der Waals surface area contributed by atoms with Gasteiger partial charge in [0.2, 0.25) is 0 Å². The molecule has 3 heteroatoms. The molecule has 0 spiro atoms. The molecule has 2 aromatic rings. The molecule has 0 aliphatic heterocycles. The second kappa shape index (κ2) is 6.64. The van der Waals surface area contributed by atoms with E-state index in [1.807, 2.05) is 25.1 Å². The number of methoxy groups -OCH3 is 1. The van der Waals surface area contributed by atoms with Crippen LogP contribution in [0, 0.1) is 0 Å². The average Bonchev–Trinajstić information content (AvgIpc) is 2.45. The predicted octanol–water partition coefficient (Wildman–Crippen LogP) is 4.01. The smallest absolute Gasteiger partial charge is 0.122 e. The Bertz CT molecular complexity index is 526. The van der Waals surface area contributed by atoms with Gasteiger partial charge in [-0.3, -0.25) is 0 Å². The zero-order valence-corrected chi connectivity index (χ0v) is 12.1. The predicted molar refractivity (Wildman–Crippen MR) is 81.6 cm³/mol. The summed E-state index contributed by atoms with van der Waals surface area (Å²) in [4.78, 5) is 1.26. The van der Waals surface area contributed by atoms with E-state index in [9.17, 15) is 0 Å². The topological polar surface area (TPSA) is 35.2 Å². The first-order chi connectivity index (χ1) is 9.20. The number of hydrogen-bond acceptors (Lipinski definition) is 3. The van der Waals surface area contributed by atoms with E-state index in [0.29, 0.717) is 0 Å². The fourth-order valence-electron chi connectivity index (χ4n) is 1.87. The van der Waals surface area contributed by atoms with Gasteiger partial charge in [0.1, 0.15) is 5.75 Å².